The summed E-state index contributed by atoms with van der Waals surface area (Å²) in [6, 6.07) is 3.49. The van der Waals surface area contributed by atoms with Crippen LogP contribution in [0.25, 0.3) is 0 Å². The van der Waals surface area contributed by atoms with Crippen LogP contribution in [0.1, 0.15) is 31.6 Å². The van der Waals surface area contributed by atoms with Crippen LogP contribution in [0.2, 0.25) is 0 Å². The summed E-state index contributed by atoms with van der Waals surface area (Å²) in [6.07, 6.45) is 5.82. The summed E-state index contributed by atoms with van der Waals surface area (Å²) in [5.74, 6) is 0.600. The molecular formula is C15H17N5O3S. The van der Waals surface area contributed by atoms with Crippen molar-refractivity contribution in [3.63, 3.8) is 0 Å². The SMILES string of the molecule is CC1CCCc2nc(S(=O)(=O)N3CC(=O)Nc4cccnc43)cn21. The maximum Gasteiger partial charge on any atom is 0.285 e. The Balaban J connectivity index is 1.80. The van der Waals surface area contributed by atoms with E-state index in [0.29, 0.717) is 5.69 Å². The van der Waals surface area contributed by atoms with Gasteiger partial charge in [-0.25, -0.2) is 14.3 Å². The number of nitrogens with one attached hydrogen (secondary N) is 1. The molecule has 2 aromatic rings. The second kappa shape index (κ2) is 5.30. The average Bonchev–Trinajstić information content (AvgIpc) is 3.00. The van der Waals surface area contributed by atoms with E-state index in [4.69, 9.17) is 0 Å². The van der Waals surface area contributed by atoms with Gasteiger partial charge in [-0.2, -0.15) is 8.42 Å². The number of aryl methyl sites for hydroxylation is 1. The van der Waals surface area contributed by atoms with Crippen molar-refractivity contribution in [2.24, 2.45) is 0 Å². The number of nitrogens with zero attached hydrogens (tertiary/aromatic N) is 4. The highest BCUT2D eigenvalue weighted by molar-refractivity contribution is 7.92. The maximum absolute atomic E-state index is 13.1. The second-order valence-electron chi connectivity index (χ2n) is 6.08. The molecule has 9 heteroatoms. The first-order chi connectivity index (χ1) is 11.5. The van der Waals surface area contributed by atoms with Gasteiger partial charge in [-0.3, -0.25) is 4.79 Å². The van der Waals surface area contributed by atoms with Crippen LogP contribution in [-0.4, -0.2) is 35.4 Å². The molecule has 2 aliphatic rings. The number of hydrogen-bond donors (Lipinski definition) is 1. The molecule has 0 spiro atoms. The van der Waals surface area contributed by atoms with Gasteiger partial charge in [0.25, 0.3) is 10.0 Å². The minimum absolute atomic E-state index is 0.0300. The molecule has 1 unspecified atom stereocenters. The van der Waals surface area contributed by atoms with E-state index in [0.717, 1.165) is 29.4 Å². The zero-order valence-electron chi connectivity index (χ0n) is 13.1. The number of sulfonamides is 1. The highest BCUT2D eigenvalue weighted by Crippen LogP contribution is 2.32. The van der Waals surface area contributed by atoms with Crippen molar-refractivity contribution >= 4 is 27.4 Å². The number of anilines is 2. The molecule has 126 valence electrons. The number of rotatable bonds is 2. The molecule has 1 amide bonds. The molecule has 1 N–H and O–H groups in total. The first-order valence-corrected chi connectivity index (χ1v) is 9.26. The monoisotopic (exact) mass is 347 g/mol. The highest BCUT2D eigenvalue weighted by atomic mass is 32.2. The zero-order valence-corrected chi connectivity index (χ0v) is 14.0. The fourth-order valence-electron chi connectivity index (χ4n) is 3.19. The van der Waals surface area contributed by atoms with Crippen LogP contribution in [0, 0.1) is 0 Å². The number of pyridine rings is 1. The van der Waals surface area contributed by atoms with Crippen LogP contribution in [0.15, 0.2) is 29.6 Å². The highest BCUT2D eigenvalue weighted by Gasteiger charge is 2.36. The average molecular weight is 347 g/mol. The van der Waals surface area contributed by atoms with E-state index in [2.05, 4.69) is 15.3 Å². The van der Waals surface area contributed by atoms with E-state index in [9.17, 15) is 13.2 Å². The third-order valence-electron chi connectivity index (χ3n) is 4.42. The van der Waals surface area contributed by atoms with Gasteiger partial charge in [-0.1, -0.05) is 0 Å². The Kier molecular flexibility index (Phi) is 3.34. The summed E-state index contributed by atoms with van der Waals surface area (Å²) >= 11 is 0. The van der Waals surface area contributed by atoms with E-state index in [1.54, 1.807) is 18.3 Å². The molecule has 4 heterocycles. The molecule has 2 aliphatic heterocycles. The van der Waals surface area contributed by atoms with Gasteiger partial charge in [0, 0.05) is 24.9 Å². The number of hydrogen-bond acceptors (Lipinski definition) is 5. The Morgan fingerprint density at radius 1 is 1.38 bits per heavy atom. The van der Waals surface area contributed by atoms with Gasteiger partial charge in [0.2, 0.25) is 5.91 Å². The lowest BCUT2D eigenvalue weighted by molar-refractivity contribution is -0.115. The van der Waals surface area contributed by atoms with Crippen molar-refractivity contribution in [1.29, 1.82) is 0 Å². The Labute approximate surface area is 139 Å². The van der Waals surface area contributed by atoms with Crippen LogP contribution >= 0.6 is 0 Å². The van der Waals surface area contributed by atoms with Gasteiger partial charge < -0.3 is 9.88 Å². The van der Waals surface area contributed by atoms with Gasteiger partial charge in [-0.15, -0.1) is 0 Å². The molecule has 0 saturated carbocycles. The second-order valence-corrected chi connectivity index (χ2v) is 7.89. The first kappa shape index (κ1) is 15.1. The molecule has 0 saturated heterocycles. The molecule has 0 radical (unpaired) electrons. The molecule has 4 rings (SSSR count). The fraction of sp³-hybridized carbons (Fsp3) is 0.400. The van der Waals surface area contributed by atoms with Crippen LogP contribution in [0.3, 0.4) is 0 Å². The standard InChI is InChI=1S/C15H17N5O3S/c1-10-4-2-6-12-18-14(9-19(10)12)24(22,23)20-8-13(21)17-11-5-3-7-16-15(11)20/h3,5,7,9-10H,2,4,6,8H2,1H3,(H,17,21). The van der Waals surface area contributed by atoms with Gasteiger partial charge in [0.15, 0.2) is 10.8 Å². The molecule has 0 bridgehead atoms. The quantitative estimate of drug-likeness (QED) is 0.884. The van der Waals surface area contributed by atoms with Crippen molar-refractivity contribution in [2.45, 2.75) is 37.3 Å². The predicted octanol–water partition coefficient (Wildman–Crippen LogP) is 1.32. The Morgan fingerprint density at radius 3 is 3.00 bits per heavy atom. The zero-order chi connectivity index (χ0) is 16.9. The summed E-state index contributed by atoms with van der Waals surface area (Å²) < 4.78 is 29.0. The van der Waals surface area contributed by atoms with Crippen molar-refractivity contribution < 1.29 is 13.2 Å². The molecule has 0 fully saturated rings. The smallest absolute Gasteiger partial charge is 0.285 e. The fourth-order valence-corrected chi connectivity index (χ4v) is 4.55. The van der Waals surface area contributed by atoms with Crippen molar-refractivity contribution in [2.75, 3.05) is 16.2 Å². The van der Waals surface area contributed by atoms with E-state index in [1.165, 1.54) is 6.20 Å². The molecule has 0 aromatic carbocycles. The number of carbonyl (C=O) groups excluding carboxylic acids is 1. The lowest BCUT2D eigenvalue weighted by Gasteiger charge is -2.27. The van der Waals surface area contributed by atoms with Crippen molar-refractivity contribution in [1.82, 2.24) is 14.5 Å². The Bertz CT molecular complexity index is 921. The first-order valence-electron chi connectivity index (χ1n) is 7.82. The number of aromatic nitrogens is 3. The molecule has 8 nitrogen and oxygen atoms in total. The number of fused-ring (bicyclic) bond motifs is 2. The lowest BCUT2D eigenvalue weighted by atomic mass is 10.1. The number of amides is 1. The molecule has 0 aliphatic carbocycles. The third-order valence-corrected chi connectivity index (χ3v) is 6.03. The lowest BCUT2D eigenvalue weighted by Crippen LogP contribution is -2.42. The Hall–Kier alpha value is -2.42. The number of carbonyl (C=O) groups is 1. The summed E-state index contributed by atoms with van der Waals surface area (Å²) in [5, 5.41) is 2.61. The van der Waals surface area contributed by atoms with Crippen LogP contribution in [-0.2, 0) is 21.2 Å². The van der Waals surface area contributed by atoms with E-state index < -0.39 is 15.9 Å². The largest absolute Gasteiger partial charge is 0.331 e. The van der Waals surface area contributed by atoms with E-state index >= 15 is 0 Å². The van der Waals surface area contributed by atoms with E-state index in [-0.39, 0.29) is 23.4 Å². The molecule has 2 aromatic heterocycles. The third kappa shape index (κ3) is 2.27. The van der Waals surface area contributed by atoms with Crippen LogP contribution < -0.4 is 9.62 Å². The number of imidazole rings is 1. The predicted molar refractivity (Wildman–Crippen MR) is 87.3 cm³/mol. The summed E-state index contributed by atoms with van der Waals surface area (Å²) in [7, 11) is -3.95. The van der Waals surface area contributed by atoms with E-state index in [1.807, 2.05) is 11.5 Å². The summed E-state index contributed by atoms with van der Waals surface area (Å²) in [4.78, 5) is 20.3. The van der Waals surface area contributed by atoms with Crippen molar-refractivity contribution in [3.05, 3.63) is 30.4 Å². The molecular weight excluding hydrogens is 330 g/mol. The van der Waals surface area contributed by atoms with Crippen LogP contribution in [0.4, 0.5) is 11.5 Å². The molecule has 24 heavy (non-hydrogen) atoms. The van der Waals surface area contributed by atoms with Crippen LogP contribution in [0.5, 0.6) is 0 Å². The van der Waals surface area contributed by atoms with Gasteiger partial charge in [0.05, 0.1) is 5.69 Å². The normalized spacial score (nSPS) is 20.3. The minimum Gasteiger partial charge on any atom is -0.331 e. The topological polar surface area (TPSA) is 97.2 Å². The summed E-state index contributed by atoms with van der Waals surface area (Å²) in [6.45, 7) is 1.75. The van der Waals surface area contributed by atoms with Gasteiger partial charge >= 0.3 is 0 Å². The van der Waals surface area contributed by atoms with Crippen molar-refractivity contribution in [3.8, 4) is 0 Å². The maximum atomic E-state index is 13.1. The summed E-state index contributed by atoms with van der Waals surface area (Å²) in [5.41, 5.74) is 0.384. The Morgan fingerprint density at radius 2 is 2.21 bits per heavy atom. The molecule has 1 atom stereocenters. The van der Waals surface area contributed by atoms with Gasteiger partial charge in [-0.05, 0) is 31.9 Å². The van der Waals surface area contributed by atoms with Gasteiger partial charge in [0.1, 0.15) is 12.4 Å². The minimum atomic E-state index is -3.95.